The van der Waals surface area contributed by atoms with Gasteiger partial charge < -0.3 is 9.73 Å². The Kier molecular flexibility index (Phi) is 4.47. The van der Waals surface area contributed by atoms with E-state index < -0.39 is 4.92 Å². The van der Waals surface area contributed by atoms with Gasteiger partial charge in [-0.2, -0.15) is 0 Å². The molecule has 6 nitrogen and oxygen atoms in total. The lowest BCUT2D eigenvalue weighted by Crippen LogP contribution is -2.08. The lowest BCUT2D eigenvalue weighted by atomic mass is 10.1. The molecular weight excluding hydrogens is 258 g/mol. The monoisotopic (exact) mass is 275 g/mol. The summed E-state index contributed by atoms with van der Waals surface area (Å²) in [6, 6.07) is 4.73. The molecule has 0 saturated carbocycles. The second kappa shape index (κ2) is 6.29. The van der Waals surface area contributed by atoms with Gasteiger partial charge in [-0.05, 0) is 32.5 Å². The van der Waals surface area contributed by atoms with Crippen LogP contribution in [0.4, 0.5) is 5.69 Å². The first-order valence-corrected chi connectivity index (χ1v) is 6.46. The van der Waals surface area contributed by atoms with E-state index in [-0.39, 0.29) is 5.69 Å². The molecule has 0 aliphatic heterocycles. The van der Waals surface area contributed by atoms with Gasteiger partial charge in [0.05, 0.1) is 11.1 Å². The maximum absolute atomic E-state index is 10.8. The van der Waals surface area contributed by atoms with E-state index in [1.165, 1.54) is 12.1 Å². The summed E-state index contributed by atoms with van der Waals surface area (Å²) in [6.45, 7) is 2.79. The average molecular weight is 275 g/mol. The molecule has 0 aliphatic rings. The highest BCUT2D eigenvalue weighted by atomic mass is 16.6. The number of oxazole rings is 1. The molecule has 2 aromatic rings. The summed E-state index contributed by atoms with van der Waals surface area (Å²) in [6.07, 6.45) is 3.31. The van der Waals surface area contributed by atoms with Gasteiger partial charge in [-0.3, -0.25) is 10.1 Å². The van der Waals surface area contributed by atoms with E-state index in [1.54, 1.807) is 12.3 Å². The summed E-state index contributed by atoms with van der Waals surface area (Å²) in [5, 5.41) is 13.9. The van der Waals surface area contributed by atoms with Gasteiger partial charge in [-0.25, -0.2) is 4.98 Å². The molecule has 6 heteroatoms. The molecule has 0 spiro atoms. The zero-order valence-electron chi connectivity index (χ0n) is 11.5. The van der Waals surface area contributed by atoms with Crippen molar-refractivity contribution in [1.29, 1.82) is 0 Å². The number of aryl methyl sites for hydroxylation is 2. The van der Waals surface area contributed by atoms with Gasteiger partial charge in [-0.15, -0.1) is 0 Å². The van der Waals surface area contributed by atoms with E-state index in [9.17, 15) is 10.1 Å². The Morgan fingerprint density at radius 1 is 1.45 bits per heavy atom. The number of nitro groups is 1. The van der Waals surface area contributed by atoms with Gasteiger partial charge >= 0.3 is 0 Å². The standard InChI is InChI=1S/C14H17N3O3/c1-10-5-6-11(17(18)19)8-12(10)13-9-16-14(20-13)4-3-7-15-2/h5-6,8-9,15H,3-4,7H2,1-2H3. The van der Waals surface area contributed by atoms with Crippen molar-refractivity contribution in [2.24, 2.45) is 0 Å². The first-order chi connectivity index (χ1) is 9.61. The zero-order chi connectivity index (χ0) is 14.5. The lowest BCUT2D eigenvalue weighted by Gasteiger charge is -2.02. The van der Waals surface area contributed by atoms with E-state index in [0.29, 0.717) is 17.2 Å². The number of aromatic nitrogens is 1. The van der Waals surface area contributed by atoms with E-state index in [1.807, 2.05) is 14.0 Å². The molecule has 106 valence electrons. The Hall–Kier alpha value is -2.21. The number of non-ortho nitro benzene ring substituents is 1. The third-order valence-corrected chi connectivity index (χ3v) is 3.07. The average Bonchev–Trinajstić information content (AvgIpc) is 2.88. The summed E-state index contributed by atoms with van der Waals surface area (Å²) in [7, 11) is 1.90. The van der Waals surface area contributed by atoms with Crippen molar-refractivity contribution in [3.8, 4) is 11.3 Å². The summed E-state index contributed by atoms with van der Waals surface area (Å²) in [5.74, 6) is 1.23. The Morgan fingerprint density at radius 3 is 2.95 bits per heavy atom. The van der Waals surface area contributed by atoms with Gasteiger partial charge in [0.2, 0.25) is 0 Å². The normalized spacial score (nSPS) is 10.7. The number of rotatable bonds is 6. The van der Waals surface area contributed by atoms with Crippen molar-refractivity contribution in [1.82, 2.24) is 10.3 Å². The molecule has 1 aromatic heterocycles. The van der Waals surface area contributed by atoms with Gasteiger partial charge in [0.25, 0.3) is 5.69 Å². The van der Waals surface area contributed by atoms with Crippen molar-refractivity contribution in [3.05, 3.63) is 46.0 Å². The number of hydrogen-bond acceptors (Lipinski definition) is 5. The SMILES string of the molecule is CNCCCc1ncc(-c2cc([N+](=O)[O-])ccc2C)o1. The van der Waals surface area contributed by atoms with Gasteiger partial charge in [0.15, 0.2) is 11.7 Å². The minimum Gasteiger partial charge on any atom is -0.441 e. The van der Waals surface area contributed by atoms with Crippen LogP contribution in [0.3, 0.4) is 0 Å². The van der Waals surface area contributed by atoms with Crippen LogP contribution in [0.2, 0.25) is 0 Å². The van der Waals surface area contributed by atoms with Crippen LogP contribution in [-0.4, -0.2) is 23.5 Å². The summed E-state index contributed by atoms with van der Waals surface area (Å²) >= 11 is 0. The van der Waals surface area contributed by atoms with Crippen molar-refractivity contribution in [2.45, 2.75) is 19.8 Å². The maximum Gasteiger partial charge on any atom is 0.270 e. The van der Waals surface area contributed by atoms with Crippen molar-refractivity contribution >= 4 is 5.69 Å². The second-order valence-corrected chi connectivity index (χ2v) is 4.58. The lowest BCUT2D eigenvalue weighted by molar-refractivity contribution is -0.384. The fourth-order valence-corrected chi connectivity index (χ4v) is 1.96. The minimum absolute atomic E-state index is 0.0544. The smallest absolute Gasteiger partial charge is 0.270 e. The van der Waals surface area contributed by atoms with Crippen LogP contribution < -0.4 is 5.32 Å². The van der Waals surface area contributed by atoms with Crippen LogP contribution in [0.5, 0.6) is 0 Å². The van der Waals surface area contributed by atoms with E-state index in [0.717, 1.165) is 24.9 Å². The molecule has 0 fully saturated rings. The highest BCUT2D eigenvalue weighted by Crippen LogP contribution is 2.28. The van der Waals surface area contributed by atoms with E-state index >= 15 is 0 Å². The Labute approximate surface area is 117 Å². The number of nitrogens with one attached hydrogen (secondary N) is 1. The quantitative estimate of drug-likeness (QED) is 0.498. The summed E-state index contributed by atoms with van der Waals surface area (Å²) in [5.41, 5.74) is 1.69. The van der Waals surface area contributed by atoms with Gasteiger partial charge in [-0.1, -0.05) is 6.07 Å². The Bertz CT molecular complexity index is 607. The van der Waals surface area contributed by atoms with Crippen LogP contribution in [0, 0.1) is 17.0 Å². The maximum atomic E-state index is 10.8. The van der Waals surface area contributed by atoms with Crippen LogP contribution in [-0.2, 0) is 6.42 Å². The molecule has 0 saturated heterocycles. The van der Waals surface area contributed by atoms with Gasteiger partial charge in [0.1, 0.15) is 0 Å². The molecule has 1 heterocycles. The topological polar surface area (TPSA) is 81.2 Å². The van der Waals surface area contributed by atoms with Crippen LogP contribution in [0.15, 0.2) is 28.8 Å². The first-order valence-electron chi connectivity index (χ1n) is 6.46. The first kappa shape index (κ1) is 14.2. The summed E-state index contributed by atoms with van der Waals surface area (Å²) in [4.78, 5) is 14.6. The van der Waals surface area contributed by atoms with Crippen molar-refractivity contribution in [2.75, 3.05) is 13.6 Å². The fourth-order valence-electron chi connectivity index (χ4n) is 1.96. The van der Waals surface area contributed by atoms with Crippen molar-refractivity contribution in [3.63, 3.8) is 0 Å². The third-order valence-electron chi connectivity index (χ3n) is 3.07. The van der Waals surface area contributed by atoms with Crippen LogP contribution in [0.25, 0.3) is 11.3 Å². The molecule has 0 unspecified atom stereocenters. The molecule has 2 rings (SSSR count). The second-order valence-electron chi connectivity index (χ2n) is 4.58. The van der Waals surface area contributed by atoms with Gasteiger partial charge in [0, 0.05) is 24.1 Å². The number of hydrogen-bond donors (Lipinski definition) is 1. The van der Waals surface area contributed by atoms with Crippen LogP contribution >= 0.6 is 0 Å². The molecule has 0 atom stereocenters. The number of nitrogens with zero attached hydrogens (tertiary/aromatic N) is 2. The number of benzene rings is 1. The minimum atomic E-state index is -0.410. The summed E-state index contributed by atoms with van der Waals surface area (Å²) < 4.78 is 5.67. The fraction of sp³-hybridized carbons (Fsp3) is 0.357. The molecule has 1 N–H and O–H groups in total. The molecule has 0 bridgehead atoms. The van der Waals surface area contributed by atoms with Crippen molar-refractivity contribution < 1.29 is 9.34 Å². The van der Waals surface area contributed by atoms with Crippen LogP contribution in [0.1, 0.15) is 17.9 Å². The Balaban J connectivity index is 2.23. The highest BCUT2D eigenvalue weighted by Gasteiger charge is 2.13. The largest absolute Gasteiger partial charge is 0.441 e. The predicted octanol–water partition coefficient (Wildman–Crippen LogP) is 2.71. The van der Waals surface area contributed by atoms with E-state index in [2.05, 4.69) is 10.3 Å². The number of nitro benzene ring substituents is 1. The molecule has 0 radical (unpaired) electrons. The molecule has 0 amide bonds. The third kappa shape index (κ3) is 3.21. The Morgan fingerprint density at radius 2 is 2.25 bits per heavy atom. The molecule has 20 heavy (non-hydrogen) atoms. The zero-order valence-corrected chi connectivity index (χ0v) is 11.5. The predicted molar refractivity (Wildman–Crippen MR) is 75.6 cm³/mol. The van der Waals surface area contributed by atoms with E-state index in [4.69, 9.17) is 4.42 Å². The molecule has 0 aliphatic carbocycles. The molecule has 1 aromatic carbocycles. The highest BCUT2D eigenvalue weighted by molar-refractivity contribution is 5.64. The molecular formula is C14H17N3O3.